The lowest BCUT2D eigenvalue weighted by Crippen LogP contribution is -2.28. The van der Waals surface area contributed by atoms with Gasteiger partial charge in [0.15, 0.2) is 0 Å². The summed E-state index contributed by atoms with van der Waals surface area (Å²) >= 11 is 0. The van der Waals surface area contributed by atoms with Crippen molar-refractivity contribution in [3.8, 4) is 6.07 Å². The van der Waals surface area contributed by atoms with Gasteiger partial charge in [-0.3, -0.25) is 9.59 Å². The maximum absolute atomic E-state index is 11.5. The van der Waals surface area contributed by atoms with Crippen molar-refractivity contribution < 1.29 is 9.59 Å². The van der Waals surface area contributed by atoms with Gasteiger partial charge in [-0.15, -0.1) is 6.58 Å². The van der Waals surface area contributed by atoms with Crippen LogP contribution in [0.25, 0.3) is 0 Å². The van der Waals surface area contributed by atoms with E-state index in [1.165, 1.54) is 6.08 Å². The van der Waals surface area contributed by atoms with Gasteiger partial charge in [0.25, 0.3) is 0 Å². The molecule has 0 fully saturated rings. The molecule has 0 saturated carbocycles. The third kappa shape index (κ3) is 4.10. The van der Waals surface area contributed by atoms with E-state index in [2.05, 4.69) is 17.2 Å². The summed E-state index contributed by atoms with van der Waals surface area (Å²) in [4.78, 5) is 22.8. The molecule has 0 aliphatic rings. The number of rotatable bonds is 5. The van der Waals surface area contributed by atoms with Gasteiger partial charge in [0.05, 0.1) is 11.3 Å². The number of nitrogens with one attached hydrogen (secondary N) is 2. The molecule has 0 heterocycles. The van der Waals surface area contributed by atoms with Crippen LogP contribution in [-0.4, -0.2) is 18.4 Å². The standard InChI is InChI=1S/C13H13N3O2/c1-2-7-15-12(17)8-13(18)16-11-6-4-3-5-10(11)9-14/h2-6H,1,7-8H2,(H,15,17)(H,16,18). The first-order chi connectivity index (χ1) is 8.67. The van der Waals surface area contributed by atoms with Crippen LogP contribution in [0, 0.1) is 11.3 Å². The average Bonchev–Trinajstić information content (AvgIpc) is 2.36. The second-order valence-corrected chi connectivity index (χ2v) is 3.48. The Morgan fingerprint density at radius 2 is 2.06 bits per heavy atom. The van der Waals surface area contributed by atoms with Crippen molar-refractivity contribution in [1.29, 1.82) is 5.26 Å². The molecular weight excluding hydrogens is 230 g/mol. The molecule has 0 spiro atoms. The Labute approximate surface area is 105 Å². The molecule has 0 aliphatic carbocycles. The molecule has 92 valence electrons. The van der Waals surface area contributed by atoms with E-state index in [0.717, 1.165) is 0 Å². The quantitative estimate of drug-likeness (QED) is 0.602. The molecule has 5 heteroatoms. The molecular formula is C13H13N3O2. The van der Waals surface area contributed by atoms with Gasteiger partial charge in [-0.05, 0) is 12.1 Å². The van der Waals surface area contributed by atoms with E-state index >= 15 is 0 Å². The van der Waals surface area contributed by atoms with Crippen molar-refractivity contribution in [2.24, 2.45) is 0 Å². The van der Waals surface area contributed by atoms with Crippen LogP contribution in [0.1, 0.15) is 12.0 Å². The number of carbonyl (C=O) groups is 2. The monoisotopic (exact) mass is 243 g/mol. The highest BCUT2D eigenvalue weighted by atomic mass is 16.2. The zero-order chi connectivity index (χ0) is 13.4. The maximum Gasteiger partial charge on any atom is 0.233 e. The smallest absolute Gasteiger partial charge is 0.233 e. The zero-order valence-corrected chi connectivity index (χ0v) is 9.77. The minimum Gasteiger partial charge on any atom is -0.352 e. The first kappa shape index (κ1) is 13.5. The molecule has 0 aliphatic heterocycles. The SMILES string of the molecule is C=CCNC(=O)CC(=O)Nc1ccccc1C#N. The predicted octanol–water partition coefficient (Wildman–Crippen LogP) is 1.19. The number of hydrogen-bond acceptors (Lipinski definition) is 3. The molecule has 2 N–H and O–H groups in total. The summed E-state index contributed by atoms with van der Waals surface area (Å²) in [6, 6.07) is 8.56. The highest BCUT2D eigenvalue weighted by Crippen LogP contribution is 2.13. The predicted molar refractivity (Wildman–Crippen MR) is 67.6 cm³/mol. The number of nitriles is 1. The minimum atomic E-state index is -0.459. The molecule has 1 rings (SSSR count). The molecule has 0 saturated heterocycles. The Morgan fingerprint density at radius 1 is 1.33 bits per heavy atom. The van der Waals surface area contributed by atoms with Gasteiger partial charge in [0, 0.05) is 6.54 Å². The highest BCUT2D eigenvalue weighted by Gasteiger charge is 2.10. The maximum atomic E-state index is 11.5. The van der Waals surface area contributed by atoms with Gasteiger partial charge in [-0.25, -0.2) is 0 Å². The second kappa shape index (κ2) is 6.86. The van der Waals surface area contributed by atoms with Crippen molar-refractivity contribution in [2.75, 3.05) is 11.9 Å². The Bertz CT molecular complexity index is 503. The number of carbonyl (C=O) groups excluding carboxylic acids is 2. The summed E-state index contributed by atoms with van der Waals surface area (Å²) in [6.07, 6.45) is 1.24. The van der Waals surface area contributed by atoms with E-state index in [-0.39, 0.29) is 12.3 Å². The average molecular weight is 243 g/mol. The van der Waals surface area contributed by atoms with E-state index in [0.29, 0.717) is 17.8 Å². The Morgan fingerprint density at radius 3 is 2.72 bits per heavy atom. The summed E-state index contributed by atoms with van der Waals surface area (Å²) in [5, 5.41) is 13.9. The van der Waals surface area contributed by atoms with Crippen molar-refractivity contribution in [3.63, 3.8) is 0 Å². The molecule has 0 aromatic heterocycles. The first-order valence-corrected chi connectivity index (χ1v) is 5.34. The lowest BCUT2D eigenvalue weighted by atomic mass is 10.2. The zero-order valence-electron chi connectivity index (χ0n) is 9.77. The number of para-hydroxylation sites is 1. The molecule has 5 nitrogen and oxygen atoms in total. The topological polar surface area (TPSA) is 82.0 Å². The number of hydrogen-bond donors (Lipinski definition) is 2. The fourth-order valence-electron chi connectivity index (χ4n) is 1.28. The first-order valence-electron chi connectivity index (χ1n) is 5.34. The lowest BCUT2D eigenvalue weighted by molar-refractivity contribution is -0.126. The number of amides is 2. The molecule has 18 heavy (non-hydrogen) atoms. The molecule has 0 radical (unpaired) electrons. The number of anilines is 1. The van der Waals surface area contributed by atoms with Gasteiger partial charge >= 0.3 is 0 Å². The second-order valence-electron chi connectivity index (χ2n) is 3.48. The molecule has 0 unspecified atom stereocenters. The molecule has 2 amide bonds. The van der Waals surface area contributed by atoms with Gasteiger partial charge in [0.2, 0.25) is 11.8 Å². The van der Waals surface area contributed by atoms with Crippen LogP contribution in [0.4, 0.5) is 5.69 Å². The van der Waals surface area contributed by atoms with E-state index in [1.54, 1.807) is 24.3 Å². The van der Waals surface area contributed by atoms with E-state index in [9.17, 15) is 9.59 Å². The largest absolute Gasteiger partial charge is 0.352 e. The molecule has 0 atom stereocenters. The number of nitrogens with zero attached hydrogens (tertiary/aromatic N) is 1. The Balaban J connectivity index is 2.57. The van der Waals surface area contributed by atoms with E-state index in [1.807, 2.05) is 6.07 Å². The van der Waals surface area contributed by atoms with Crippen molar-refractivity contribution >= 4 is 17.5 Å². The Kier molecular flexibility index (Phi) is 5.13. The van der Waals surface area contributed by atoms with Gasteiger partial charge < -0.3 is 10.6 Å². The summed E-state index contributed by atoms with van der Waals surface area (Å²) in [5.74, 6) is -0.846. The van der Waals surface area contributed by atoms with Gasteiger partial charge in [0.1, 0.15) is 12.5 Å². The Hall–Kier alpha value is -2.61. The highest BCUT2D eigenvalue weighted by molar-refractivity contribution is 6.04. The molecule has 1 aromatic rings. The minimum absolute atomic E-state index is 0.284. The summed E-state index contributed by atoms with van der Waals surface area (Å²) < 4.78 is 0. The van der Waals surface area contributed by atoms with Crippen LogP contribution < -0.4 is 10.6 Å². The van der Waals surface area contributed by atoms with Gasteiger partial charge in [-0.2, -0.15) is 5.26 Å². The normalized spacial score (nSPS) is 9.06. The van der Waals surface area contributed by atoms with E-state index < -0.39 is 5.91 Å². The molecule has 1 aromatic carbocycles. The summed E-state index contributed by atoms with van der Waals surface area (Å²) in [6.45, 7) is 3.77. The lowest BCUT2D eigenvalue weighted by Gasteiger charge is -2.06. The number of benzene rings is 1. The molecule has 0 bridgehead atoms. The third-order valence-electron chi connectivity index (χ3n) is 2.09. The van der Waals surface area contributed by atoms with Gasteiger partial charge in [-0.1, -0.05) is 18.2 Å². The van der Waals surface area contributed by atoms with Crippen LogP contribution in [-0.2, 0) is 9.59 Å². The summed E-state index contributed by atoms with van der Waals surface area (Å²) in [5.41, 5.74) is 0.763. The fraction of sp³-hybridized carbons (Fsp3) is 0.154. The van der Waals surface area contributed by atoms with Crippen LogP contribution in [0.3, 0.4) is 0 Å². The third-order valence-corrected chi connectivity index (χ3v) is 2.09. The summed E-state index contributed by atoms with van der Waals surface area (Å²) in [7, 11) is 0. The van der Waals surface area contributed by atoms with E-state index in [4.69, 9.17) is 5.26 Å². The van der Waals surface area contributed by atoms with Crippen molar-refractivity contribution in [1.82, 2.24) is 5.32 Å². The van der Waals surface area contributed by atoms with Crippen LogP contribution in [0.5, 0.6) is 0 Å². The van der Waals surface area contributed by atoms with Crippen molar-refractivity contribution in [2.45, 2.75) is 6.42 Å². The van der Waals surface area contributed by atoms with Crippen LogP contribution in [0.2, 0.25) is 0 Å². The fourth-order valence-corrected chi connectivity index (χ4v) is 1.28. The van der Waals surface area contributed by atoms with Crippen molar-refractivity contribution in [3.05, 3.63) is 42.5 Å². The van der Waals surface area contributed by atoms with Crippen LogP contribution >= 0.6 is 0 Å². The van der Waals surface area contributed by atoms with Crippen LogP contribution in [0.15, 0.2) is 36.9 Å².